The number of hydrogen-bond acceptors (Lipinski definition) is 7. The summed E-state index contributed by atoms with van der Waals surface area (Å²) in [5, 5.41) is 11.0. The van der Waals surface area contributed by atoms with Gasteiger partial charge in [-0.3, -0.25) is 14.6 Å². The van der Waals surface area contributed by atoms with Gasteiger partial charge in [0, 0.05) is 44.7 Å². The van der Waals surface area contributed by atoms with Crippen molar-refractivity contribution < 1.29 is 19.4 Å². The molecule has 1 N–H and O–H groups in total. The lowest BCUT2D eigenvalue weighted by atomic mass is 9.96. The standard InChI is InChI=1S/C33H36N2O4S/c1-38-29-20-24(6-7-25(29)22-35-16-4-5-17-35)32(37)31-28-21-26(36)10-13-30(28)40-33(31)23-8-11-27(12-9-23)39-19-18-34-14-2-3-15-34/h6-13,20-21,36H,2-5,14-19,22H2,1H3. The highest BCUT2D eigenvalue weighted by Crippen LogP contribution is 2.42. The second-order valence-corrected chi connectivity index (χ2v) is 11.8. The molecule has 0 radical (unpaired) electrons. The van der Waals surface area contributed by atoms with Gasteiger partial charge in [0.15, 0.2) is 5.78 Å². The Kier molecular flexibility index (Phi) is 8.05. The molecule has 6 nitrogen and oxygen atoms in total. The van der Waals surface area contributed by atoms with Gasteiger partial charge in [-0.1, -0.05) is 12.1 Å². The minimum Gasteiger partial charge on any atom is -0.508 e. The number of fused-ring (bicyclic) bond motifs is 1. The van der Waals surface area contributed by atoms with Crippen molar-refractivity contribution in [3.05, 3.63) is 77.4 Å². The average Bonchev–Trinajstić information content (AvgIpc) is 3.75. The summed E-state index contributed by atoms with van der Waals surface area (Å²) < 4.78 is 12.7. The van der Waals surface area contributed by atoms with Crippen LogP contribution in [0.2, 0.25) is 0 Å². The predicted molar refractivity (Wildman–Crippen MR) is 161 cm³/mol. The highest BCUT2D eigenvalue weighted by atomic mass is 32.1. The van der Waals surface area contributed by atoms with Gasteiger partial charge in [0.25, 0.3) is 0 Å². The first kappa shape index (κ1) is 26.8. The Labute approximate surface area is 239 Å². The zero-order valence-corrected chi connectivity index (χ0v) is 23.8. The minimum atomic E-state index is -0.0798. The van der Waals surface area contributed by atoms with Crippen LogP contribution in [0.15, 0.2) is 60.7 Å². The summed E-state index contributed by atoms with van der Waals surface area (Å²) in [6.45, 7) is 6.95. The van der Waals surface area contributed by atoms with E-state index >= 15 is 0 Å². The quantitative estimate of drug-likeness (QED) is 0.223. The zero-order valence-electron chi connectivity index (χ0n) is 23.0. The number of phenolic OH excluding ortho intramolecular Hbond substituents is 1. The molecular weight excluding hydrogens is 520 g/mol. The lowest BCUT2D eigenvalue weighted by Gasteiger charge is -2.17. The van der Waals surface area contributed by atoms with E-state index in [0.29, 0.717) is 17.7 Å². The third-order valence-corrected chi connectivity index (χ3v) is 9.25. The molecule has 40 heavy (non-hydrogen) atoms. The van der Waals surface area contributed by atoms with E-state index in [1.807, 2.05) is 48.5 Å². The number of nitrogens with zero attached hydrogens (tertiary/aromatic N) is 2. The second kappa shape index (κ2) is 12.0. The Hall–Kier alpha value is -3.39. The fourth-order valence-electron chi connectivity index (χ4n) is 5.86. The van der Waals surface area contributed by atoms with Gasteiger partial charge in [-0.05, 0) is 106 Å². The summed E-state index contributed by atoms with van der Waals surface area (Å²) >= 11 is 1.57. The van der Waals surface area contributed by atoms with E-state index in [1.54, 1.807) is 30.6 Å². The van der Waals surface area contributed by atoms with E-state index < -0.39 is 0 Å². The SMILES string of the molecule is COc1cc(C(=O)c2c(-c3ccc(OCCN4CCCC4)cc3)sc3ccc(O)cc23)ccc1CN1CCCC1. The van der Waals surface area contributed by atoms with Crippen LogP contribution in [0.5, 0.6) is 17.2 Å². The van der Waals surface area contributed by atoms with Crippen LogP contribution in [-0.4, -0.2) is 67.1 Å². The normalized spacial score (nSPS) is 16.1. The van der Waals surface area contributed by atoms with Gasteiger partial charge in [-0.15, -0.1) is 11.3 Å². The van der Waals surface area contributed by atoms with Crippen molar-refractivity contribution in [2.75, 3.05) is 46.4 Å². The summed E-state index contributed by atoms with van der Waals surface area (Å²) in [6, 6.07) is 19.0. The van der Waals surface area contributed by atoms with Crippen molar-refractivity contribution in [2.24, 2.45) is 0 Å². The number of ether oxygens (including phenoxy) is 2. The van der Waals surface area contributed by atoms with E-state index in [4.69, 9.17) is 9.47 Å². The number of phenols is 1. The Balaban J connectivity index is 1.29. The molecule has 6 rings (SSSR count). The number of ketones is 1. The van der Waals surface area contributed by atoms with E-state index in [2.05, 4.69) is 9.80 Å². The molecule has 7 heteroatoms. The number of thiophene rings is 1. The molecule has 2 aliphatic heterocycles. The van der Waals surface area contributed by atoms with Crippen molar-refractivity contribution in [3.63, 3.8) is 0 Å². The second-order valence-electron chi connectivity index (χ2n) is 10.7. The predicted octanol–water partition coefficient (Wildman–Crippen LogP) is 6.58. The Morgan fingerprint density at radius 1 is 0.900 bits per heavy atom. The van der Waals surface area contributed by atoms with E-state index in [9.17, 15) is 9.90 Å². The van der Waals surface area contributed by atoms with Gasteiger partial charge < -0.3 is 14.6 Å². The van der Waals surface area contributed by atoms with E-state index in [1.165, 1.54) is 25.7 Å². The average molecular weight is 557 g/mol. The first-order valence-electron chi connectivity index (χ1n) is 14.2. The monoisotopic (exact) mass is 556 g/mol. The van der Waals surface area contributed by atoms with Gasteiger partial charge in [0.05, 0.1) is 7.11 Å². The summed E-state index contributed by atoms with van der Waals surface area (Å²) in [4.78, 5) is 19.9. The highest BCUT2D eigenvalue weighted by Gasteiger charge is 2.24. The van der Waals surface area contributed by atoms with Gasteiger partial charge in [0.1, 0.15) is 23.9 Å². The molecule has 0 spiro atoms. The highest BCUT2D eigenvalue weighted by molar-refractivity contribution is 7.22. The maximum atomic E-state index is 14.1. The third kappa shape index (κ3) is 5.73. The molecule has 3 heterocycles. The lowest BCUT2D eigenvalue weighted by molar-refractivity contribution is 0.104. The van der Waals surface area contributed by atoms with E-state index in [-0.39, 0.29) is 11.5 Å². The Bertz CT molecular complexity index is 1480. The van der Waals surface area contributed by atoms with Gasteiger partial charge in [-0.25, -0.2) is 0 Å². The molecule has 0 amide bonds. The van der Waals surface area contributed by atoms with Crippen molar-refractivity contribution >= 4 is 27.2 Å². The van der Waals surface area contributed by atoms with Crippen LogP contribution in [0.25, 0.3) is 20.5 Å². The lowest BCUT2D eigenvalue weighted by Crippen LogP contribution is -2.25. The third-order valence-electron chi connectivity index (χ3n) is 8.03. The summed E-state index contributed by atoms with van der Waals surface area (Å²) in [6.07, 6.45) is 5.01. The van der Waals surface area contributed by atoms with Gasteiger partial charge in [-0.2, -0.15) is 0 Å². The fourth-order valence-corrected chi connectivity index (χ4v) is 7.04. The van der Waals surface area contributed by atoms with Crippen molar-refractivity contribution in [3.8, 4) is 27.7 Å². The number of carbonyl (C=O) groups is 1. The largest absolute Gasteiger partial charge is 0.508 e. The summed E-state index contributed by atoms with van der Waals surface area (Å²) in [7, 11) is 1.66. The molecule has 3 aromatic carbocycles. The van der Waals surface area contributed by atoms with Gasteiger partial charge in [0.2, 0.25) is 0 Å². The van der Waals surface area contributed by atoms with E-state index in [0.717, 1.165) is 76.9 Å². The molecule has 2 saturated heterocycles. The maximum absolute atomic E-state index is 14.1. The number of aromatic hydroxyl groups is 1. The Morgan fingerprint density at radius 2 is 1.62 bits per heavy atom. The molecule has 208 valence electrons. The summed E-state index contributed by atoms with van der Waals surface area (Å²) in [5.74, 6) is 1.63. The molecule has 2 fully saturated rings. The van der Waals surface area contributed by atoms with Crippen LogP contribution in [-0.2, 0) is 6.54 Å². The van der Waals surface area contributed by atoms with Crippen molar-refractivity contribution in [1.82, 2.24) is 9.80 Å². The maximum Gasteiger partial charge on any atom is 0.195 e. The topological polar surface area (TPSA) is 62.2 Å². The fraction of sp³-hybridized carbons (Fsp3) is 0.364. The number of methoxy groups -OCH3 is 1. The molecule has 0 bridgehead atoms. The first-order valence-corrected chi connectivity index (χ1v) is 15.1. The van der Waals surface area contributed by atoms with Crippen molar-refractivity contribution in [1.29, 1.82) is 0 Å². The first-order chi connectivity index (χ1) is 19.6. The van der Waals surface area contributed by atoms with Crippen LogP contribution in [0, 0.1) is 0 Å². The molecule has 0 unspecified atom stereocenters. The van der Waals surface area contributed by atoms with Crippen LogP contribution >= 0.6 is 11.3 Å². The molecule has 4 aromatic rings. The van der Waals surface area contributed by atoms with Crippen LogP contribution in [0.3, 0.4) is 0 Å². The molecule has 2 aliphatic rings. The van der Waals surface area contributed by atoms with Crippen LogP contribution in [0.4, 0.5) is 0 Å². The van der Waals surface area contributed by atoms with Gasteiger partial charge >= 0.3 is 0 Å². The molecule has 0 atom stereocenters. The molecule has 0 saturated carbocycles. The number of carbonyl (C=O) groups excluding carboxylic acids is 1. The minimum absolute atomic E-state index is 0.0798. The molecule has 1 aromatic heterocycles. The smallest absolute Gasteiger partial charge is 0.195 e. The number of likely N-dealkylation sites (tertiary alicyclic amines) is 2. The molecular formula is C33H36N2O4S. The number of hydrogen-bond donors (Lipinski definition) is 1. The number of rotatable bonds is 10. The Morgan fingerprint density at radius 3 is 2.35 bits per heavy atom. The number of benzene rings is 3. The zero-order chi connectivity index (χ0) is 27.5. The summed E-state index contributed by atoms with van der Waals surface area (Å²) in [5.41, 5.74) is 3.23. The van der Waals surface area contributed by atoms with Crippen LogP contribution < -0.4 is 9.47 Å². The molecule has 0 aliphatic carbocycles. The van der Waals surface area contributed by atoms with Crippen molar-refractivity contribution in [2.45, 2.75) is 32.2 Å². The van der Waals surface area contributed by atoms with Crippen LogP contribution in [0.1, 0.15) is 47.2 Å².